The van der Waals surface area contributed by atoms with Gasteiger partial charge in [0.2, 0.25) is 10.0 Å². The van der Waals surface area contributed by atoms with Crippen LogP contribution in [0.5, 0.6) is 0 Å². The molecule has 4 nitrogen and oxygen atoms in total. The van der Waals surface area contributed by atoms with E-state index in [0.717, 1.165) is 0 Å². The summed E-state index contributed by atoms with van der Waals surface area (Å²) in [6.07, 6.45) is 0. The number of rotatable bonds is 6. The maximum absolute atomic E-state index is 11.2. The van der Waals surface area contributed by atoms with Gasteiger partial charge in [-0.25, -0.2) is 13.1 Å². The van der Waals surface area contributed by atoms with Gasteiger partial charge >= 0.3 is 0 Å². The number of hydrogen-bond donors (Lipinski definition) is 2. The van der Waals surface area contributed by atoms with Crippen molar-refractivity contribution in [2.24, 2.45) is 0 Å². The van der Waals surface area contributed by atoms with Gasteiger partial charge in [0.15, 0.2) is 0 Å². The van der Waals surface area contributed by atoms with Crippen molar-refractivity contribution in [2.75, 3.05) is 19.3 Å². The van der Waals surface area contributed by atoms with Gasteiger partial charge in [0.1, 0.15) is 0 Å². The van der Waals surface area contributed by atoms with Crippen molar-refractivity contribution in [3.8, 4) is 0 Å². The van der Waals surface area contributed by atoms with Crippen molar-refractivity contribution in [3.63, 3.8) is 0 Å². The molecule has 0 saturated carbocycles. The first-order chi connectivity index (χ1) is 7.94. The summed E-state index contributed by atoms with van der Waals surface area (Å²) in [6, 6.07) is 6.27. The van der Waals surface area contributed by atoms with Gasteiger partial charge in [-0.1, -0.05) is 23.8 Å². The fraction of sp³-hybridized carbons (Fsp3) is 0.500. The van der Waals surface area contributed by atoms with Crippen LogP contribution in [-0.2, 0) is 16.6 Å². The molecule has 1 aromatic carbocycles. The first kappa shape index (κ1) is 14.2. The molecule has 2 N–H and O–H groups in total. The lowest BCUT2D eigenvalue weighted by Crippen LogP contribution is -2.29. The molecule has 96 valence electrons. The first-order valence-corrected chi connectivity index (χ1v) is 7.28. The van der Waals surface area contributed by atoms with Crippen LogP contribution in [0.25, 0.3) is 0 Å². The zero-order chi connectivity index (χ0) is 12.9. The lowest BCUT2D eigenvalue weighted by Gasteiger charge is -2.09. The molecule has 1 aromatic rings. The molecule has 0 fully saturated rings. The molecule has 0 aliphatic rings. The smallest absolute Gasteiger partial charge is 0.212 e. The lowest BCUT2D eigenvalue weighted by atomic mass is 10.1. The largest absolute Gasteiger partial charge is 0.312 e. The second-order valence-electron chi connectivity index (χ2n) is 4.13. The van der Waals surface area contributed by atoms with Gasteiger partial charge in [0.05, 0.1) is 5.75 Å². The molecule has 0 amide bonds. The van der Waals surface area contributed by atoms with E-state index in [0.29, 0.717) is 13.1 Å². The number of benzene rings is 1. The molecule has 0 bridgehead atoms. The highest BCUT2D eigenvalue weighted by molar-refractivity contribution is 7.89. The van der Waals surface area contributed by atoms with Crippen molar-refractivity contribution in [2.45, 2.75) is 20.4 Å². The summed E-state index contributed by atoms with van der Waals surface area (Å²) in [5.41, 5.74) is 3.65. The van der Waals surface area contributed by atoms with E-state index in [1.165, 1.54) is 23.7 Å². The minimum Gasteiger partial charge on any atom is -0.312 e. The predicted octanol–water partition coefficient (Wildman–Crippen LogP) is 0.942. The Hall–Kier alpha value is -0.910. The zero-order valence-corrected chi connectivity index (χ0v) is 11.4. The Labute approximate surface area is 103 Å². The number of hydrogen-bond acceptors (Lipinski definition) is 3. The average Bonchev–Trinajstić information content (AvgIpc) is 2.29. The van der Waals surface area contributed by atoms with Crippen LogP contribution in [0.3, 0.4) is 0 Å². The van der Waals surface area contributed by atoms with Crippen LogP contribution in [0.4, 0.5) is 0 Å². The lowest BCUT2D eigenvalue weighted by molar-refractivity contribution is 0.583. The van der Waals surface area contributed by atoms with Crippen LogP contribution in [0.15, 0.2) is 18.2 Å². The Bertz CT molecular complexity index is 469. The standard InChI is InChI=1S/C12H20N2O2S/c1-10-4-5-11(2)12(8-10)9-14-6-7-17(15,16)13-3/h4-5,8,13-14H,6-7,9H2,1-3H3. The Morgan fingerprint density at radius 3 is 2.59 bits per heavy atom. The third-order valence-electron chi connectivity index (χ3n) is 2.68. The molecule has 0 radical (unpaired) electrons. The summed E-state index contributed by atoms with van der Waals surface area (Å²) in [5.74, 6) is 0.106. The molecule has 0 aromatic heterocycles. The highest BCUT2D eigenvalue weighted by atomic mass is 32.2. The van der Waals surface area contributed by atoms with E-state index in [2.05, 4.69) is 42.1 Å². The second-order valence-corrected chi connectivity index (χ2v) is 6.18. The van der Waals surface area contributed by atoms with Crippen LogP contribution in [-0.4, -0.2) is 27.8 Å². The molecule has 0 saturated heterocycles. The first-order valence-electron chi connectivity index (χ1n) is 5.62. The molecule has 0 aliphatic carbocycles. The number of aryl methyl sites for hydroxylation is 2. The van der Waals surface area contributed by atoms with E-state index in [4.69, 9.17) is 0 Å². The Balaban J connectivity index is 2.44. The van der Waals surface area contributed by atoms with Crippen LogP contribution in [0.2, 0.25) is 0 Å². The fourth-order valence-electron chi connectivity index (χ4n) is 1.52. The molecule has 17 heavy (non-hydrogen) atoms. The van der Waals surface area contributed by atoms with E-state index in [1.54, 1.807) is 0 Å². The molecule has 0 spiro atoms. The van der Waals surface area contributed by atoms with Gasteiger partial charge < -0.3 is 5.32 Å². The maximum atomic E-state index is 11.2. The minimum atomic E-state index is -3.10. The molecular weight excluding hydrogens is 236 g/mol. The van der Waals surface area contributed by atoms with Crippen LogP contribution in [0.1, 0.15) is 16.7 Å². The van der Waals surface area contributed by atoms with Gasteiger partial charge in [0.25, 0.3) is 0 Å². The monoisotopic (exact) mass is 256 g/mol. The Morgan fingerprint density at radius 2 is 1.94 bits per heavy atom. The summed E-state index contributed by atoms with van der Waals surface area (Å²) in [6.45, 7) is 5.26. The third kappa shape index (κ3) is 4.85. The van der Waals surface area contributed by atoms with Gasteiger partial charge in [-0.2, -0.15) is 0 Å². The quantitative estimate of drug-likeness (QED) is 0.745. The fourth-order valence-corrected chi connectivity index (χ4v) is 2.14. The van der Waals surface area contributed by atoms with Gasteiger partial charge in [-0.05, 0) is 32.0 Å². The minimum absolute atomic E-state index is 0.106. The maximum Gasteiger partial charge on any atom is 0.212 e. The molecular formula is C12H20N2O2S. The molecule has 0 aliphatic heterocycles. The van der Waals surface area contributed by atoms with Gasteiger partial charge in [-0.15, -0.1) is 0 Å². The van der Waals surface area contributed by atoms with Crippen molar-refractivity contribution >= 4 is 10.0 Å². The third-order valence-corrected chi connectivity index (χ3v) is 4.04. The van der Waals surface area contributed by atoms with Crippen molar-refractivity contribution in [1.82, 2.24) is 10.0 Å². The molecule has 0 atom stereocenters. The summed E-state index contributed by atoms with van der Waals surface area (Å²) < 4.78 is 24.7. The van der Waals surface area contributed by atoms with Crippen molar-refractivity contribution in [1.29, 1.82) is 0 Å². The van der Waals surface area contributed by atoms with Crippen molar-refractivity contribution < 1.29 is 8.42 Å². The van der Waals surface area contributed by atoms with Crippen LogP contribution in [0, 0.1) is 13.8 Å². The Kier molecular flexibility index (Phi) is 5.11. The second kappa shape index (κ2) is 6.14. The van der Waals surface area contributed by atoms with Gasteiger partial charge in [-0.3, -0.25) is 0 Å². The average molecular weight is 256 g/mol. The summed E-state index contributed by atoms with van der Waals surface area (Å²) in [5, 5.41) is 3.14. The highest BCUT2D eigenvalue weighted by Gasteiger charge is 2.05. The number of nitrogens with one attached hydrogen (secondary N) is 2. The summed E-state index contributed by atoms with van der Waals surface area (Å²) in [4.78, 5) is 0. The summed E-state index contributed by atoms with van der Waals surface area (Å²) >= 11 is 0. The molecule has 0 heterocycles. The van der Waals surface area contributed by atoms with Crippen LogP contribution < -0.4 is 10.0 Å². The van der Waals surface area contributed by atoms with E-state index in [9.17, 15) is 8.42 Å². The topological polar surface area (TPSA) is 58.2 Å². The van der Waals surface area contributed by atoms with E-state index < -0.39 is 10.0 Å². The Morgan fingerprint density at radius 1 is 1.24 bits per heavy atom. The predicted molar refractivity (Wildman–Crippen MR) is 70.5 cm³/mol. The van der Waals surface area contributed by atoms with Crippen LogP contribution >= 0.6 is 0 Å². The molecule has 1 rings (SSSR count). The highest BCUT2D eigenvalue weighted by Crippen LogP contribution is 2.09. The summed E-state index contributed by atoms with van der Waals surface area (Å²) in [7, 11) is -1.67. The van der Waals surface area contributed by atoms with E-state index in [1.807, 2.05) is 0 Å². The molecule has 5 heteroatoms. The normalized spacial score (nSPS) is 11.7. The SMILES string of the molecule is CNS(=O)(=O)CCNCc1cc(C)ccc1C. The molecule has 0 unspecified atom stereocenters. The van der Waals surface area contributed by atoms with E-state index >= 15 is 0 Å². The zero-order valence-electron chi connectivity index (χ0n) is 10.6. The van der Waals surface area contributed by atoms with E-state index in [-0.39, 0.29) is 5.75 Å². The van der Waals surface area contributed by atoms with Gasteiger partial charge in [0, 0.05) is 13.1 Å². The van der Waals surface area contributed by atoms with Crippen molar-refractivity contribution in [3.05, 3.63) is 34.9 Å². The number of sulfonamides is 1.